The molecular weight excluding hydrogens is 468 g/mol. The molecule has 2 amide bonds. The average molecular weight is 495 g/mol. The molecule has 0 aliphatic rings. The van der Waals surface area contributed by atoms with Gasteiger partial charge < -0.3 is 20.1 Å². The maximum absolute atomic E-state index is 13.4. The number of carbonyl (C=O) groups is 3. The molecule has 7 heteroatoms. The second-order valence-corrected chi connectivity index (χ2v) is 8.24. The lowest BCUT2D eigenvalue weighted by molar-refractivity contribution is 0.102. The van der Waals surface area contributed by atoms with E-state index < -0.39 is 11.8 Å². The molecular formula is C30H26N2O5. The minimum absolute atomic E-state index is 0.202. The Morgan fingerprint density at radius 3 is 1.95 bits per heavy atom. The maximum atomic E-state index is 13.4. The molecule has 0 aliphatic heterocycles. The summed E-state index contributed by atoms with van der Waals surface area (Å²) >= 11 is 0. The first kappa shape index (κ1) is 25.2. The molecule has 37 heavy (non-hydrogen) atoms. The molecule has 0 aliphatic carbocycles. The van der Waals surface area contributed by atoms with Crippen LogP contribution in [0.3, 0.4) is 0 Å². The molecule has 0 atom stereocenters. The van der Waals surface area contributed by atoms with E-state index in [1.165, 1.54) is 14.2 Å². The lowest BCUT2D eigenvalue weighted by Crippen LogP contribution is -2.20. The molecule has 0 heterocycles. The van der Waals surface area contributed by atoms with Crippen LogP contribution >= 0.6 is 0 Å². The summed E-state index contributed by atoms with van der Waals surface area (Å²) in [7, 11) is 2.94. The van der Waals surface area contributed by atoms with Crippen molar-refractivity contribution in [3.63, 3.8) is 0 Å². The van der Waals surface area contributed by atoms with Crippen molar-refractivity contribution in [3.8, 4) is 11.5 Å². The van der Waals surface area contributed by atoms with Crippen molar-refractivity contribution < 1.29 is 23.9 Å². The summed E-state index contributed by atoms with van der Waals surface area (Å²) in [5.41, 5.74) is 2.95. The topological polar surface area (TPSA) is 93.7 Å². The van der Waals surface area contributed by atoms with Gasteiger partial charge >= 0.3 is 0 Å². The summed E-state index contributed by atoms with van der Waals surface area (Å²) in [6, 6.07) is 25.7. The fourth-order valence-electron chi connectivity index (χ4n) is 3.94. The molecule has 4 aromatic rings. The first-order chi connectivity index (χ1) is 17.9. The molecule has 4 rings (SSSR count). The van der Waals surface area contributed by atoms with Crippen molar-refractivity contribution in [3.05, 3.63) is 119 Å². The van der Waals surface area contributed by atoms with Gasteiger partial charge in [0.2, 0.25) is 0 Å². The minimum atomic E-state index is -0.473. The first-order valence-corrected chi connectivity index (χ1v) is 11.6. The number of ether oxygens (including phenoxy) is 2. The third kappa shape index (κ3) is 5.51. The number of aryl methyl sites for hydroxylation is 1. The van der Waals surface area contributed by atoms with E-state index >= 15 is 0 Å². The Kier molecular flexibility index (Phi) is 7.64. The molecule has 7 nitrogen and oxygen atoms in total. The highest BCUT2D eigenvalue weighted by Gasteiger charge is 2.21. The van der Waals surface area contributed by atoms with Crippen molar-refractivity contribution in [2.24, 2.45) is 0 Å². The van der Waals surface area contributed by atoms with E-state index in [1.807, 2.05) is 19.1 Å². The van der Waals surface area contributed by atoms with Crippen LogP contribution in [0.15, 0.2) is 91.0 Å². The number of nitrogens with one attached hydrogen (secondary N) is 2. The van der Waals surface area contributed by atoms with Crippen LogP contribution in [0.4, 0.5) is 11.4 Å². The molecule has 4 aromatic carbocycles. The molecule has 186 valence electrons. The SMILES string of the molecule is COc1cccc(C(=O)Nc2ccccc2C(=O)Nc2ccc(C)cc2C(=O)c2ccccc2)c1OC. The van der Waals surface area contributed by atoms with Gasteiger partial charge in [-0.25, -0.2) is 0 Å². The second kappa shape index (κ2) is 11.2. The van der Waals surface area contributed by atoms with Crippen molar-refractivity contribution in [1.29, 1.82) is 0 Å². The Morgan fingerprint density at radius 1 is 0.622 bits per heavy atom. The van der Waals surface area contributed by atoms with Crippen LogP contribution in [-0.2, 0) is 0 Å². The van der Waals surface area contributed by atoms with Gasteiger partial charge in [-0.1, -0.05) is 60.2 Å². The van der Waals surface area contributed by atoms with Crippen LogP contribution in [0.5, 0.6) is 11.5 Å². The average Bonchev–Trinajstić information content (AvgIpc) is 2.93. The molecule has 2 N–H and O–H groups in total. The van der Waals surface area contributed by atoms with Crippen LogP contribution in [-0.4, -0.2) is 31.8 Å². The van der Waals surface area contributed by atoms with E-state index in [4.69, 9.17) is 9.47 Å². The number of hydrogen-bond acceptors (Lipinski definition) is 5. The quantitative estimate of drug-likeness (QED) is 0.304. The Hall–Kier alpha value is -4.91. The monoisotopic (exact) mass is 494 g/mol. The molecule has 0 fully saturated rings. The van der Waals surface area contributed by atoms with E-state index in [9.17, 15) is 14.4 Å². The van der Waals surface area contributed by atoms with Gasteiger partial charge in [0.05, 0.1) is 36.7 Å². The molecule has 0 saturated heterocycles. The highest BCUT2D eigenvalue weighted by molar-refractivity contribution is 6.17. The van der Waals surface area contributed by atoms with Gasteiger partial charge in [0.15, 0.2) is 17.3 Å². The van der Waals surface area contributed by atoms with Gasteiger partial charge in [-0.05, 0) is 43.3 Å². The van der Waals surface area contributed by atoms with E-state index in [0.29, 0.717) is 28.3 Å². The number of carbonyl (C=O) groups excluding carboxylic acids is 3. The molecule has 0 aromatic heterocycles. The van der Waals surface area contributed by atoms with Crippen LogP contribution in [0.25, 0.3) is 0 Å². The zero-order valence-corrected chi connectivity index (χ0v) is 20.7. The molecule has 0 bridgehead atoms. The Labute approximate surface area is 215 Å². The molecule has 0 spiro atoms. The third-order valence-electron chi connectivity index (χ3n) is 5.77. The van der Waals surface area contributed by atoms with E-state index in [1.54, 1.807) is 78.9 Å². The van der Waals surface area contributed by atoms with E-state index in [-0.39, 0.29) is 22.7 Å². The number of para-hydroxylation sites is 2. The Morgan fingerprint density at radius 2 is 1.24 bits per heavy atom. The summed E-state index contributed by atoms with van der Waals surface area (Å²) in [6.45, 7) is 1.88. The highest BCUT2D eigenvalue weighted by Crippen LogP contribution is 2.31. The Bertz CT molecular complexity index is 1460. The number of anilines is 2. The van der Waals surface area contributed by atoms with Gasteiger partial charge in [0.25, 0.3) is 11.8 Å². The summed E-state index contributed by atoms with van der Waals surface area (Å²) < 4.78 is 10.6. The van der Waals surface area contributed by atoms with Crippen molar-refractivity contribution in [2.75, 3.05) is 24.9 Å². The summed E-state index contributed by atoms with van der Waals surface area (Å²) in [4.78, 5) is 39.7. The summed E-state index contributed by atoms with van der Waals surface area (Å²) in [5, 5.41) is 5.63. The number of methoxy groups -OCH3 is 2. The van der Waals surface area contributed by atoms with Crippen LogP contribution in [0.1, 0.15) is 42.2 Å². The Balaban J connectivity index is 1.62. The number of rotatable bonds is 8. The van der Waals surface area contributed by atoms with Gasteiger partial charge in [0, 0.05) is 11.1 Å². The number of benzene rings is 4. The van der Waals surface area contributed by atoms with Crippen molar-refractivity contribution in [2.45, 2.75) is 6.92 Å². The highest BCUT2D eigenvalue weighted by atomic mass is 16.5. The zero-order valence-electron chi connectivity index (χ0n) is 20.7. The smallest absolute Gasteiger partial charge is 0.259 e. The fraction of sp³-hybridized carbons (Fsp3) is 0.100. The van der Waals surface area contributed by atoms with Gasteiger partial charge in [-0.2, -0.15) is 0 Å². The van der Waals surface area contributed by atoms with Crippen molar-refractivity contribution in [1.82, 2.24) is 0 Å². The molecule has 0 unspecified atom stereocenters. The van der Waals surface area contributed by atoms with Crippen LogP contribution in [0.2, 0.25) is 0 Å². The lowest BCUT2D eigenvalue weighted by atomic mass is 9.99. The van der Waals surface area contributed by atoms with Crippen molar-refractivity contribution >= 4 is 29.0 Å². The molecule has 0 saturated carbocycles. The predicted molar refractivity (Wildman–Crippen MR) is 143 cm³/mol. The summed E-state index contributed by atoms with van der Waals surface area (Å²) in [6.07, 6.45) is 0. The zero-order chi connectivity index (χ0) is 26.4. The number of amides is 2. The fourth-order valence-corrected chi connectivity index (χ4v) is 3.94. The van der Waals surface area contributed by atoms with E-state index in [2.05, 4.69) is 10.6 Å². The summed E-state index contributed by atoms with van der Waals surface area (Å²) in [5.74, 6) is -0.443. The second-order valence-electron chi connectivity index (χ2n) is 8.24. The largest absolute Gasteiger partial charge is 0.493 e. The normalized spacial score (nSPS) is 10.4. The van der Waals surface area contributed by atoms with Crippen LogP contribution < -0.4 is 20.1 Å². The maximum Gasteiger partial charge on any atom is 0.259 e. The van der Waals surface area contributed by atoms with E-state index in [0.717, 1.165) is 5.56 Å². The standard InChI is InChI=1S/C30H26N2O5/c1-19-16-17-25(23(18-19)27(33)20-10-5-4-6-11-20)32-29(34)21-12-7-8-14-24(21)31-30(35)22-13-9-15-26(36-2)28(22)37-3/h4-18H,1-3H3,(H,31,35)(H,32,34). The lowest BCUT2D eigenvalue weighted by Gasteiger charge is -2.15. The first-order valence-electron chi connectivity index (χ1n) is 11.6. The van der Waals surface area contributed by atoms with Gasteiger partial charge in [-0.3, -0.25) is 14.4 Å². The minimum Gasteiger partial charge on any atom is -0.493 e. The third-order valence-corrected chi connectivity index (χ3v) is 5.77. The molecule has 0 radical (unpaired) electrons. The number of hydrogen-bond donors (Lipinski definition) is 2. The van der Waals surface area contributed by atoms with Gasteiger partial charge in [0.1, 0.15) is 0 Å². The predicted octanol–water partition coefficient (Wildman–Crippen LogP) is 5.75. The number of ketones is 1. The van der Waals surface area contributed by atoms with Gasteiger partial charge in [-0.15, -0.1) is 0 Å². The van der Waals surface area contributed by atoms with Crippen LogP contribution in [0, 0.1) is 6.92 Å².